The van der Waals surface area contributed by atoms with E-state index in [1.807, 2.05) is 25.1 Å². The molecule has 0 amide bonds. The maximum Gasteiger partial charge on any atom is 0.127 e. The average Bonchev–Trinajstić information content (AvgIpc) is 3.15. The van der Waals surface area contributed by atoms with E-state index in [1.54, 1.807) is 18.4 Å². The third-order valence-corrected chi connectivity index (χ3v) is 7.20. The van der Waals surface area contributed by atoms with Gasteiger partial charge in [0.1, 0.15) is 18.0 Å². The van der Waals surface area contributed by atoms with Crippen molar-refractivity contribution >= 4 is 21.4 Å². The van der Waals surface area contributed by atoms with Gasteiger partial charge in [-0.05, 0) is 54.1 Å². The van der Waals surface area contributed by atoms with Crippen LogP contribution in [0.2, 0.25) is 0 Å². The first-order chi connectivity index (χ1) is 14.4. The number of methoxy groups -OCH3 is 1. The first-order valence-electron chi connectivity index (χ1n) is 10.2. The first-order valence-corrected chi connectivity index (χ1v) is 11.0. The highest BCUT2D eigenvalue weighted by Crippen LogP contribution is 2.41. The molecular weight excluding hydrogens is 400 g/mol. The van der Waals surface area contributed by atoms with Gasteiger partial charge in [0.15, 0.2) is 0 Å². The minimum absolute atomic E-state index is 0.204. The van der Waals surface area contributed by atoms with Gasteiger partial charge in [-0.25, -0.2) is 0 Å². The summed E-state index contributed by atoms with van der Waals surface area (Å²) in [5, 5.41) is 31.7. The van der Waals surface area contributed by atoms with Gasteiger partial charge in [0.25, 0.3) is 0 Å². The summed E-state index contributed by atoms with van der Waals surface area (Å²) in [6, 6.07) is 12.6. The van der Waals surface area contributed by atoms with Gasteiger partial charge in [-0.1, -0.05) is 18.2 Å². The average molecular weight is 429 g/mol. The van der Waals surface area contributed by atoms with Crippen molar-refractivity contribution in [2.45, 2.75) is 51.1 Å². The van der Waals surface area contributed by atoms with Crippen LogP contribution in [-0.2, 0) is 11.2 Å². The van der Waals surface area contributed by atoms with Gasteiger partial charge < -0.3 is 24.8 Å². The Morgan fingerprint density at radius 1 is 1.13 bits per heavy atom. The molecule has 4 atom stereocenters. The second-order valence-electron chi connectivity index (χ2n) is 7.99. The number of aliphatic hydroxyl groups is 3. The number of hydrogen-bond donors (Lipinski definition) is 3. The zero-order chi connectivity index (χ0) is 21.4. The van der Waals surface area contributed by atoms with Crippen LogP contribution in [0.25, 0.3) is 10.1 Å². The van der Waals surface area contributed by atoms with E-state index in [4.69, 9.17) is 9.47 Å². The summed E-state index contributed by atoms with van der Waals surface area (Å²) < 4.78 is 12.9. The highest BCUT2D eigenvalue weighted by molar-refractivity contribution is 7.19. The van der Waals surface area contributed by atoms with Gasteiger partial charge in [0.05, 0.1) is 25.9 Å². The van der Waals surface area contributed by atoms with Crippen molar-refractivity contribution in [1.29, 1.82) is 0 Å². The molecule has 1 aliphatic rings. The van der Waals surface area contributed by atoms with Gasteiger partial charge >= 0.3 is 0 Å². The van der Waals surface area contributed by atoms with Gasteiger partial charge in [0.2, 0.25) is 0 Å². The highest BCUT2D eigenvalue weighted by atomic mass is 32.1. The van der Waals surface area contributed by atoms with Crippen molar-refractivity contribution in [2.75, 3.05) is 13.7 Å². The largest absolute Gasteiger partial charge is 0.496 e. The van der Waals surface area contributed by atoms with Crippen LogP contribution in [-0.4, -0.2) is 47.3 Å². The Morgan fingerprint density at radius 3 is 2.60 bits per heavy atom. The predicted molar refractivity (Wildman–Crippen MR) is 118 cm³/mol. The van der Waals surface area contributed by atoms with Crippen LogP contribution in [0.5, 0.6) is 5.75 Å². The number of fused-ring (bicyclic) bond motifs is 1. The van der Waals surface area contributed by atoms with Crippen LogP contribution in [0.1, 0.15) is 39.7 Å². The zero-order valence-corrected chi connectivity index (χ0v) is 18.3. The fraction of sp³-hybridized carbons (Fsp3) is 0.417. The lowest BCUT2D eigenvalue weighted by Gasteiger charge is -2.37. The van der Waals surface area contributed by atoms with Crippen LogP contribution in [0.15, 0.2) is 36.4 Å². The molecule has 0 saturated carbocycles. The molecule has 3 N–H and O–H groups in total. The number of ether oxygens (including phenoxy) is 2. The second kappa shape index (κ2) is 8.65. The molecule has 4 rings (SSSR count). The normalized spacial score (nSPS) is 24.3. The van der Waals surface area contributed by atoms with Crippen molar-refractivity contribution in [1.82, 2.24) is 0 Å². The topological polar surface area (TPSA) is 79.2 Å². The summed E-state index contributed by atoms with van der Waals surface area (Å²) in [6.07, 6.45) is -2.36. The molecule has 30 heavy (non-hydrogen) atoms. The Balaban J connectivity index is 1.76. The molecule has 6 heteroatoms. The van der Waals surface area contributed by atoms with E-state index in [-0.39, 0.29) is 13.0 Å². The lowest BCUT2D eigenvalue weighted by molar-refractivity contribution is -0.180. The Bertz CT molecular complexity index is 1010. The van der Waals surface area contributed by atoms with Crippen molar-refractivity contribution < 1.29 is 24.8 Å². The van der Waals surface area contributed by atoms with Crippen molar-refractivity contribution in [2.24, 2.45) is 0 Å². The minimum atomic E-state index is -1.08. The quantitative estimate of drug-likeness (QED) is 0.578. The maximum atomic E-state index is 10.7. The third kappa shape index (κ3) is 3.86. The van der Waals surface area contributed by atoms with Crippen LogP contribution >= 0.6 is 11.3 Å². The van der Waals surface area contributed by atoms with E-state index in [9.17, 15) is 15.3 Å². The van der Waals surface area contributed by atoms with E-state index >= 15 is 0 Å². The molecule has 160 valence electrons. The van der Waals surface area contributed by atoms with Crippen LogP contribution in [0.3, 0.4) is 0 Å². The molecule has 2 aromatic carbocycles. The lowest BCUT2D eigenvalue weighted by atomic mass is 9.88. The molecule has 3 aromatic rings. The summed E-state index contributed by atoms with van der Waals surface area (Å²) in [7, 11) is 1.60. The molecule has 0 bridgehead atoms. The summed E-state index contributed by atoms with van der Waals surface area (Å²) >= 11 is 1.78. The van der Waals surface area contributed by atoms with E-state index < -0.39 is 24.4 Å². The van der Waals surface area contributed by atoms with E-state index in [0.29, 0.717) is 11.3 Å². The number of rotatable bonds is 5. The molecule has 1 saturated heterocycles. The maximum absolute atomic E-state index is 10.7. The molecule has 0 radical (unpaired) electrons. The first kappa shape index (κ1) is 21.3. The van der Waals surface area contributed by atoms with E-state index in [2.05, 4.69) is 25.1 Å². The molecule has 0 unspecified atom stereocenters. The Kier molecular flexibility index (Phi) is 6.14. The van der Waals surface area contributed by atoms with Crippen LogP contribution < -0.4 is 4.74 Å². The van der Waals surface area contributed by atoms with Gasteiger partial charge in [0, 0.05) is 28.0 Å². The smallest absolute Gasteiger partial charge is 0.127 e. The molecule has 5 nitrogen and oxygen atoms in total. The lowest BCUT2D eigenvalue weighted by Crippen LogP contribution is -2.44. The molecular formula is C24H28O5S. The fourth-order valence-corrected chi connectivity index (χ4v) is 5.38. The molecule has 0 spiro atoms. The summed E-state index contributed by atoms with van der Waals surface area (Å²) in [5.41, 5.74) is 3.97. The number of benzene rings is 2. The number of thiophene rings is 1. The summed E-state index contributed by atoms with van der Waals surface area (Å²) in [6.45, 7) is 3.87. The van der Waals surface area contributed by atoms with Crippen LogP contribution in [0.4, 0.5) is 0 Å². The second-order valence-corrected chi connectivity index (χ2v) is 9.16. The van der Waals surface area contributed by atoms with Crippen molar-refractivity contribution in [3.8, 4) is 5.75 Å². The summed E-state index contributed by atoms with van der Waals surface area (Å²) in [4.78, 5) is 1.26. The highest BCUT2D eigenvalue weighted by Gasteiger charge is 2.39. The fourth-order valence-electron chi connectivity index (χ4n) is 4.30. The third-order valence-electron chi connectivity index (χ3n) is 6.08. The zero-order valence-electron chi connectivity index (χ0n) is 17.5. The van der Waals surface area contributed by atoms with Crippen LogP contribution in [0, 0.1) is 13.8 Å². The molecule has 1 aromatic heterocycles. The SMILES string of the molecule is COc1c([C@@H]2O[C@H](CO)C[C@H](O)[C@H]2O)cc(Cc2cc3ccccc3s2)c(C)c1C. The molecule has 1 fully saturated rings. The number of aliphatic hydroxyl groups excluding tert-OH is 3. The Hall–Kier alpha value is -1.96. The monoisotopic (exact) mass is 428 g/mol. The van der Waals surface area contributed by atoms with Crippen molar-refractivity contribution in [3.63, 3.8) is 0 Å². The Labute approximate surface area is 180 Å². The predicted octanol–water partition coefficient (Wildman–Crippen LogP) is 3.66. The standard InChI is InChI=1S/C24H28O5S/c1-13-14(2)23(28-3)19(24-22(27)20(26)11-17(12-25)29-24)10-16(13)9-18-8-15-6-4-5-7-21(15)30-18/h4-8,10,17,20,22,24-27H,9,11-12H2,1-3H3/t17-,20-,22+,24-/m0/s1. The van der Waals surface area contributed by atoms with Crippen molar-refractivity contribution in [3.05, 3.63) is 63.5 Å². The van der Waals surface area contributed by atoms with E-state index in [1.165, 1.54) is 15.0 Å². The molecule has 2 heterocycles. The molecule has 1 aliphatic heterocycles. The Morgan fingerprint density at radius 2 is 1.90 bits per heavy atom. The minimum Gasteiger partial charge on any atom is -0.496 e. The van der Waals surface area contributed by atoms with E-state index in [0.717, 1.165) is 23.1 Å². The van der Waals surface area contributed by atoms with Gasteiger partial charge in [-0.3, -0.25) is 0 Å². The van der Waals surface area contributed by atoms with Gasteiger partial charge in [-0.2, -0.15) is 0 Å². The summed E-state index contributed by atoms with van der Waals surface area (Å²) in [5.74, 6) is 0.655. The molecule has 0 aliphatic carbocycles. The van der Waals surface area contributed by atoms with Gasteiger partial charge in [-0.15, -0.1) is 11.3 Å². The number of hydrogen-bond acceptors (Lipinski definition) is 6.